The van der Waals surface area contributed by atoms with Gasteiger partial charge in [-0.15, -0.1) is 0 Å². The number of nitrogens with zero attached hydrogens (tertiary/aromatic N) is 1. The molecule has 0 saturated heterocycles. The topological polar surface area (TPSA) is 31.4 Å². The van der Waals surface area contributed by atoms with Gasteiger partial charge in [-0.1, -0.05) is 0 Å². The van der Waals surface area contributed by atoms with E-state index in [1.54, 1.807) is 0 Å². The lowest BCUT2D eigenvalue weighted by molar-refractivity contribution is 0.119. The summed E-state index contributed by atoms with van der Waals surface area (Å²) >= 11 is 0. The van der Waals surface area contributed by atoms with E-state index in [9.17, 15) is 0 Å². The van der Waals surface area contributed by atoms with Crippen LogP contribution in [-0.2, 0) is 0 Å². The molecule has 1 heterocycles. The van der Waals surface area contributed by atoms with Crippen molar-refractivity contribution in [3.63, 3.8) is 0 Å². The van der Waals surface area contributed by atoms with Crippen LogP contribution < -0.4 is 9.47 Å². The molecule has 0 aliphatic rings. The lowest BCUT2D eigenvalue weighted by atomic mass is 10.0. The van der Waals surface area contributed by atoms with Gasteiger partial charge in [0.05, 0.1) is 5.69 Å². The van der Waals surface area contributed by atoms with Crippen LogP contribution in [0, 0.1) is 13.8 Å². The maximum atomic E-state index is 6.29. The monoisotopic (exact) mass is 327 g/mol. The van der Waals surface area contributed by atoms with Crippen LogP contribution in [0.1, 0.15) is 52.7 Å². The molecule has 0 aliphatic heterocycles. The molecule has 3 nitrogen and oxygen atoms in total. The summed E-state index contributed by atoms with van der Waals surface area (Å²) in [5.41, 5.74) is 3.53. The van der Waals surface area contributed by atoms with Gasteiger partial charge in [-0.25, -0.2) is 0 Å². The van der Waals surface area contributed by atoms with Gasteiger partial charge < -0.3 is 9.47 Å². The summed E-state index contributed by atoms with van der Waals surface area (Å²) < 4.78 is 12.4. The van der Waals surface area contributed by atoms with Crippen molar-refractivity contribution < 1.29 is 9.47 Å². The molecular formula is C21H29NO2. The van der Waals surface area contributed by atoms with E-state index < -0.39 is 0 Å². The van der Waals surface area contributed by atoms with Crippen LogP contribution in [0.2, 0.25) is 0 Å². The second-order valence-electron chi connectivity index (χ2n) is 8.21. The molecular weight excluding hydrogens is 298 g/mol. The summed E-state index contributed by atoms with van der Waals surface area (Å²) in [5, 5.41) is 0. The molecule has 130 valence electrons. The maximum Gasteiger partial charge on any atom is 0.136 e. The van der Waals surface area contributed by atoms with Crippen LogP contribution in [0.15, 0.2) is 30.5 Å². The summed E-state index contributed by atoms with van der Waals surface area (Å²) in [6, 6.07) is 8.12. The van der Waals surface area contributed by atoms with Crippen molar-refractivity contribution >= 4 is 0 Å². The van der Waals surface area contributed by atoms with Crippen LogP contribution in [-0.4, -0.2) is 16.2 Å². The van der Waals surface area contributed by atoms with E-state index in [1.165, 1.54) is 5.56 Å². The molecule has 0 saturated carbocycles. The fourth-order valence-electron chi connectivity index (χ4n) is 2.44. The molecule has 24 heavy (non-hydrogen) atoms. The zero-order chi connectivity index (χ0) is 18.1. The van der Waals surface area contributed by atoms with Gasteiger partial charge in [0.2, 0.25) is 0 Å². The van der Waals surface area contributed by atoms with E-state index in [4.69, 9.17) is 9.47 Å². The van der Waals surface area contributed by atoms with Gasteiger partial charge >= 0.3 is 0 Å². The van der Waals surface area contributed by atoms with Gasteiger partial charge in [-0.3, -0.25) is 4.98 Å². The van der Waals surface area contributed by atoms with E-state index >= 15 is 0 Å². The molecule has 0 bridgehead atoms. The van der Waals surface area contributed by atoms with Gasteiger partial charge in [0, 0.05) is 17.3 Å². The average molecular weight is 327 g/mol. The molecule has 0 fully saturated rings. The molecule has 1 aromatic heterocycles. The normalized spacial score (nSPS) is 12.2. The van der Waals surface area contributed by atoms with Crippen LogP contribution >= 0.6 is 0 Å². The van der Waals surface area contributed by atoms with E-state index in [2.05, 4.69) is 38.7 Å². The highest BCUT2D eigenvalue weighted by Crippen LogP contribution is 2.40. The Labute approximate surface area is 146 Å². The minimum absolute atomic E-state index is 0.257. The lowest BCUT2D eigenvalue weighted by Crippen LogP contribution is -2.25. The first kappa shape index (κ1) is 18.3. The molecule has 2 rings (SSSR count). The highest BCUT2D eigenvalue weighted by molar-refractivity contribution is 5.71. The fourth-order valence-corrected chi connectivity index (χ4v) is 2.44. The third kappa shape index (κ3) is 4.73. The van der Waals surface area contributed by atoms with Crippen molar-refractivity contribution in [2.24, 2.45) is 0 Å². The Morgan fingerprint density at radius 3 is 2.00 bits per heavy atom. The van der Waals surface area contributed by atoms with Crippen LogP contribution in [0.5, 0.6) is 11.5 Å². The Balaban J connectivity index is 2.60. The predicted molar refractivity (Wildman–Crippen MR) is 99.9 cm³/mol. The largest absolute Gasteiger partial charge is 0.488 e. The second kappa shape index (κ2) is 6.46. The summed E-state index contributed by atoms with van der Waals surface area (Å²) in [7, 11) is 0. The summed E-state index contributed by atoms with van der Waals surface area (Å²) in [4.78, 5) is 4.53. The van der Waals surface area contributed by atoms with Crippen molar-refractivity contribution in [3.8, 4) is 22.8 Å². The third-order valence-corrected chi connectivity index (χ3v) is 3.37. The molecule has 0 atom stereocenters. The summed E-state index contributed by atoms with van der Waals surface area (Å²) in [6.07, 6.45) is 1.83. The van der Waals surface area contributed by atoms with E-state index in [-0.39, 0.29) is 11.2 Å². The van der Waals surface area contributed by atoms with Crippen LogP contribution in [0.25, 0.3) is 11.3 Å². The van der Waals surface area contributed by atoms with Crippen LogP contribution in [0.4, 0.5) is 0 Å². The zero-order valence-corrected chi connectivity index (χ0v) is 16.2. The van der Waals surface area contributed by atoms with Gasteiger partial charge in [-0.05, 0) is 85.2 Å². The Bertz CT molecular complexity index is 722. The van der Waals surface area contributed by atoms with E-state index in [0.29, 0.717) is 0 Å². The van der Waals surface area contributed by atoms with Crippen molar-refractivity contribution in [2.45, 2.75) is 66.6 Å². The van der Waals surface area contributed by atoms with Gasteiger partial charge in [0.15, 0.2) is 0 Å². The number of pyridine rings is 1. The number of hydrogen-bond acceptors (Lipinski definition) is 3. The second-order valence-corrected chi connectivity index (χ2v) is 8.21. The smallest absolute Gasteiger partial charge is 0.136 e. The molecule has 1 aromatic carbocycles. The molecule has 0 spiro atoms. The minimum atomic E-state index is -0.302. The molecule has 0 unspecified atom stereocenters. The van der Waals surface area contributed by atoms with Gasteiger partial charge in [0.25, 0.3) is 0 Å². The standard InChI is InChI=1S/C21H29NO2/c1-14-11-12-22-17(13-14)16-9-10-18(23-20(3,4)5)15(2)19(16)24-21(6,7)8/h9-13H,1-8H3. The first-order valence-electron chi connectivity index (χ1n) is 8.41. The molecule has 0 amide bonds. The number of rotatable bonds is 3. The van der Waals surface area contributed by atoms with Crippen molar-refractivity contribution in [2.75, 3.05) is 0 Å². The molecule has 3 heteroatoms. The Morgan fingerprint density at radius 1 is 0.833 bits per heavy atom. The lowest BCUT2D eigenvalue weighted by Gasteiger charge is -2.28. The van der Waals surface area contributed by atoms with Gasteiger partial charge in [-0.2, -0.15) is 0 Å². The first-order valence-corrected chi connectivity index (χ1v) is 8.41. The Kier molecular flexibility index (Phi) is 4.93. The molecule has 2 aromatic rings. The maximum absolute atomic E-state index is 6.29. The average Bonchev–Trinajstić information content (AvgIpc) is 2.40. The first-order chi connectivity index (χ1) is 11.0. The van der Waals surface area contributed by atoms with Crippen LogP contribution in [0.3, 0.4) is 0 Å². The van der Waals surface area contributed by atoms with E-state index in [0.717, 1.165) is 28.3 Å². The Hall–Kier alpha value is -2.03. The van der Waals surface area contributed by atoms with Gasteiger partial charge in [0.1, 0.15) is 22.7 Å². The number of benzene rings is 1. The van der Waals surface area contributed by atoms with E-state index in [1.807, 2.05) is 52.1 Å². The quantitative estimate of drug-likeness (QED) is 0.722. The fraction of sp³-hybridized carbons (Fsp3) is 0.476. The number of aryl methyl sites for hydroxylation is 1. The molecule has 0 radical (unpaired) electrons. The summed E-state index contributed by atoms with van der Waals surface area (Å²) in [6.45, 7) is 16.4. The number of ether oxygens (including phenoxy) is 2. The van der Waals surface area contributed by atoms with Crippen molar-refractivity contribution in [1.82, 2.24) is 4.98 Å². The molecule has 0 N–H and O–H groups in total. The predicted octanol–water partition coefficient (Wildman–Crippen LogP) is 5.72. The third-order valence-electron chi connectivity index (χ3n) is 3.37. The Morgan fingerprint density at radius 2 is 1.46 bits per heavy atom. The SMILES string of the molecule is Cc1ccnc(-c2ccc(OC(C)(C)C)c(C)c2OC(C)(C)C)c1. The molecule has 0 aliphatic carbocycles. The van der Waals surface area contributed by atoms with Crippen molar-refractivity contribution in [1.29, 1.82) is 0 Å². The zero-order valence-electron chi connectivity index (χ0n) is 16.2. The highest BCUT2D eigenvalue weighted by Gasteiger charge is 2.22. The number of hydrogen-bond donors (Lipinski definition) is 0. The minimum Gasteiger partial charge on any atom is -0.488 e. The number of aromatic nitrogens is 1. The highest BCUT2D eigenvalue weighted by atomic mass is 16.5. The summed E-state index contributed by atoms with van der Waals surface area (Å²) in [5.74, 6) is 1.68. The van der Waals surface area contributed by atoms with Crippen molar-refractivity contribution in [3.05, 3.63) is 41.6 Å².